The molecule has 0 aliphatic rings. The molecule has 0 N–H and O–H groups in total. The van der Waals surface area contributed by atoms with E-state index >= 15 is 0 Å². The number of hydrogen-bond donors (Lipinski definition) is 0. The summed E-state index contributed by atoms with van der Waals surface area (Å²) < 4.78 is 10.0. The highest BCUT2D eigenvalue weighted by Gasteiger charge is 2.27. The Hall–Kier alpha value is -3.74. The van der Waals surface area contributed by atoms with E-state index in [-0.39, 0.29) is 24.3 Å². The Morgan fingerprint density at radius 1 is 1.14 bits per heavy atom. The van der Waals surface area contributed by atoms with E-state index in [9.17, 15) is 19.7 Å². The fourth-order valence-electron chi connectivity index (χ4n) is 2.71. The zero-order valence-electron chi connectivity index (χ0n) is 15.9. The Morgan fingerprint density at radius 2 is 1.79 bits per heavy atom. The van der Waals surface area contributed by atoms with Gasteiger partial charge in [-0.1, -0.05) is 55.1 Å². The van der Waals surface area contributed by atoms with Crippen molar-refractivity contribution < 1.29 is 24.0 Å². The highest BCUT2D eigenvalue weighted by molar-refractivity contribution is 5.95. The van der Waals surface area contributed by atoms with Crippen molar-refractivity contribution in [3.8, 4) is 0 Å². The summed E-state index contributed by atoms with van der Waals surface area (Å²) in [6.07, 6.45) is 3.09. The molecule has 2 rings (SSSR count). The van der Waals surface area contributed by atoms with E-state index < -0.39 is 22.8 Å². The third kappa shape index (κ3) is 6.14. The number of benzene rings is 2. The summed E-state index contributed by atoms with van der Waals surface area (Å²) in [6, 6.07) is 14.7. The number of non-ortho nitro benzene ring substituents is 1. The van der Waals surface area contributed by atoms with E-state index in [1.165, 1.54) is 37.5 Å². The first kappa shape index (κ1) is 21.6. The van der Waals surface area contributed by atoms with Crippen LogP contribution in [0.15, 0.2) is 72.8 Å². The molecular weight excluding hydrogens is 374 g/mol. The van der Waals surface area contributed by atoms with E-state index in [1.54, 1.807) is 6.08 Å². The zero-order chi connectivity index (χ0) is 21.2. The highest BCUT2D eigenvalue weighted by Crippen LogP contribution is 2.28. The summed E-state index contributed by atoms with van der Waals surface area (Å²) in [5.74, 6) is -1.98. The smallest absolute Gasteiger partial charge is 0.333 e. The quantitative estimate of drug-likeness (QED) is 0.209. The van der Waals surface area contributed by atoms with E-state index in [1.807, 2.05) is 30.3 Å². The maximum Gasteiger partial charge on any atom is 0.333 e. The van der Waals surface area contributed by atoms with Crippen molar-refractivity contribution in [2.45, 2.75) is 12.3 Å². The second-order valence-corrected chi connectivity index (χ2v) is 6.10. The number of esters is 2. The molecule has 0 fully saturated rings. The van der Waals surface area contributed by atoms with Crippen LogP contribution in [0.25, 0.3) is 6.08 Å². The molecule has 1 atom stereocenters. The molecule has 1 unspecified atom stereocenters. The predicted molar refractivity (Wildman–Crippen MR) is 108 cm³/mol. The van der Waals surface area contributed by atoms with Gasteiger partial charge in [0.25, 0.3) is 5.69 Å². The van der Waals surface area contributed by atoms with Crippen LogP contribution in [0.1, 0.15) is 23.5 Å². The molecule has 2 aromatic rings. The Morgan fingerprint density at radius 3 is 2.34 bits per heavy atom. The van der Waals surface area contributed by atoms with Gasteiger partial charge in [0.05, 0.1) is 18.0 Å². The molecule has 0 heterocycles. The van der Waals surface area contributed by atoms with Crippen LogP contribution in [-0.2, 0) is 19.1 Å². The fourth-order valence-corrected chi connectivity index (χ4v) is 2.71. The Balaban J connectivity index is 2.41. The van der Waals surface area contributed by atoms with Gasteiger partial charge in [-0.15, -0.1) is 0 Å². The first-order valence-corrected chi connectivity index (χ1v) is 8.82. The summed E-state index contributed by atoms with van der Waals surface area (Å²) >= 11 is 0. The molecule has 0 aliphatic carbocycles. The molecule has 0 spiro atoms. The Labute approximate surface area is 168 Å². The topological polar surface area (TPSA) is 95.7 Å². The van der Waals surface area contributed by atoms with Gasteiger partial charge in [0.15, 0.2) is 0 Å². The average Bonchev–Trinajstić information content (AvgIpc) is 2.75. The lowest BCUT2D eigenvalue weighted by Crippen LogP contribution is -2.19. The number of rotatable bonds is 9. The summed E-state index contributed by atoms with van der Waals surface area (Å²) in [5.41, 5.74) is 1.44. The number of nitro benzene ring substituents is 1. The normalized spacial score (nSPS) is 12.0. The molecule has 2 aromatic carbocycles. The fraction of sp³-hybridized carbons (Fsp3) is 0.182. The van der Waals surface area contributed by atoms with E-state index in [4.69, 9.17) is 9.47 Å². The van der Waals surface area contributed by atoms with Crippen LogP contribution in [0.5, 0.6) is 0 Å². The summed E-state index contributed by atoms with van der Waals surface area (Å²) in [7, 11) is 1.26. The molecule has 0 radical (unpaired) electrons. The van der Waals surface area contributed by atoms with Crippen LogP contribution in [-0.4, -0.2) is 30.6 Å². The lowest BCUT2D eigenvalue weighted by molar-refractivity contribution is -0.384. The molecule has 0 amide bonds. The minimum absolute atomic E-state index is 0.00928. The number of nitro groups is 1. The predicted octanol–water partition coefficient (Wildman–Crippen LogP) is 4.05. The molecule has 7 heteroatoms. The van der Waals surface area contributed by atoms with Gasteiger partial charge in [-0.25, -0.2) is 4.79 Å². The van der Waals surface area contributed by atoms with Gasteiger partial charge in [0, 0.05) is 17.7 Å². The largest absolute Gasteiger partial charge is 0.466 e. The SMILES string of the molecule is C=CCOC(=O)C(C/C(=C/c1ccccc1)C(=O)OC)c1ccc([N+](=O)[O-])cc1. The standard InChI is InChI=1S/C22H21NO6/c1-3-13-29-22(25)20(17-9-11-19(12-10-17)23(26)27)15-18(21(24)28-2)14-16-7-5-4-6-8-16/h3-12,14,20H,1,13,15H2,2H3/b18-14-. The first-order valence-electron chi connectivity index (χ1n) is 8.82. The average molecular weight is 395 g/mol. The minimum Gasteiger partial charge on any atom is -0.466 e. The van der Waals surface area contributed by atoms with Gasteiger partial charge in [-0.05, 0) is 23.6 Å². The van der Waals surface area contributed by atoms with Gasteiger partial charge < -0.3 is 9.47 Å². The van der Waals surface area contributed by atoms with E-state index in [0.29, 0.717) is 5.56 Å². The van der Waals surface area contributed by atoms with E-state index in [0.717, 1.165) is 5.56 Å². The summed E-state index contributed by atoms with van der Waals surface area (Å²) in [5, 5.41) is 10.9. The van der Waals surface area contributed by atoms with Gasteiger partial charge in [-0.2, -0.15) is 0 Å². The molecule has 29 heavy (non-hydrogen) atoms. The van der Waals surface area contributed by atoms with Crippen molar-refractivity contribution in [3.05, 3.63) is 94.1 Å². The molecular formula is C22H21NO6. The maximum absolute atomic E-state index is 12.6. The van der Waals surface area contributed by atoms with Crippen LogP contribution in [0, 0.1) is 10.1 Å². The Kier molecular flexibility index (Phi) is 7.85. The van der Waals surface area contributed by atoms with Crippen LogP contribution in [0.2, 0.25) is 0 Å². The Bertz CT molecular complexity index is 903. The zero-order valence-corrected chi connectivity index (χ0v) is 15.9. The third-order valence-corrected chi connectivity index (χ3v) is 4.15. The maximum atomic E-state index is 12.6. The van der Waals surface area contributed by atoms with Gasteiger partial charge >= 0.3 is 11.9 Å². The van der Waals surface area contributed by atoms with Gasteiger partial charge in [0.1, 0.15) is 6.61 Å². The van der Waals surface area contributed by atoms with Crippen molar-refractivity contribution in [1.82, 2.24) is 0 Å². The van der Waals surface area contributed by atoms with Crippen molar-refractivity contribution in [2.75, 3.05) is 13.7 Å². The molecule has 150 valence electrons. The molecule has 0 saturated heterocycles. The van der Waals surface area contributed by atoms with E-state index in [2.05, 4.69) is 6.58 Å². The van der Waals surface area contributed by atoms with Crippen molar-refractivity contribution in [1.29, 1.82) is 0 Å². The molecule has 7 nitrogen and oxygen atoms in total. The van der Waals surface area contributed by atoms with Crippen LogP contribution in [0.4, 0.5) is 5.69 Å². The van der Waals surface area contributed by atoms with Crippen LogP contribution < -0.4 is 0 Å². The summed E-state index contributed by atoms with van der Waals surface area (Å²) in [4.78, 5) is 35.3. The van der Waals surface area contributed by atoms with Gasteiger partial charge in [-0.3, -0.25) is 14.9 Å². The second-order valence-electron chi connectivity index (χ2n) is 6.10. The first-order chi connectivity index (χ1) is 14.0. The number of nitrogens with zero attached hydrogens (tertiary/aromatic N) is 1. The molecule has 0 aliphatic heterocycles. The van der Waals surface area contributed by atoms with Crippen molar-refractivity contribution in [3.63, 3.8) is 0 Å². The number of methoxy groups -OCH3 is 1. The lowest BCUT2D eigenvalue weighted by Gasteiger charge is -2.17. The number of hydrogen-bond acceptors (Lipinski definition) is 6. The number of ether oxygens (including phenoxy) is 2. The molecule has 0 bridgehead atoms. The second kappa shape index (κ2) is 10.6. The number of carbonyl (C=O) groups is 2. The minimum atomic E-state index is -0.843. The third-order valence-electron chi connectivity index (χ3n) is 4.15. The van der Waals surface area contributed by atoms with Crippen LogP contribution in [0.3, 0.4) is 0 Å². The summed E-state index contributed by atoms with van der Waals surface area (Å²) in [6.45, 7) is 3.53. The van der Waals surface area contributed by atoms with Gasteiger partial charge in [0.2, 0.25) is 0 Å². The lowest BCUT2D eigenvalue weighted by atomic mass is 9.90. The molecule has 0 saturated carbocycles. The molecule has 0 aromatic heterocycles. The monoisotopic (exact) mass is 395 g/mol. The van der Waals surface area contributed by atoms with Crippen molar-refractivity contribution >= 4 is 23.7 Å². The number of carbonyl (C=O) groups excluding carboxylic acids is 2. The van der Waals surface area contributed by atoms with Crippen LogP contribution >= 0.6 is 0 Å². The highest BCUT2D eigenvalue weighted by atomic mass is 16.6. The van der Waals surface area contributed by atoms with Crippen molar-refractivity contribution in [2.24, 2.45) is 0 Å².